The number of fused-ring (bicyclic) bond motifs is 1. The molecule has 0 aromatic carbocycles. The van der Waals surface area contributed by atoms with Gasteiger partial charge in [-0.25, -0.2) is 0 Å². The van der Waals surface area contributed by atoms with E-state index < -0.39 is 0 Å². The Bertz CT molecular complexity index is 422. The SMILES string of the molecule is C#CCSCCNC(=NC)NC1C2CCCOC2C1(C)C.I. The Kier molecular flexibility index (Phi) is 8.36. The summed E-state index contributed by atoms with van der Waals surface area (Å²) in [5.41, 5.74) is 0.168. The third-order valence-corrected chi connectivity index (χ3v) is 5.43. The van der Waals surface area contributed by atoms with Gasteiger partial charge >= 0.3 is 0 Å². The predicted octanol–water partition coefficient (Wildman–Crippen LogP) is 2.34. The summed E-state index contributed by atoms with van der Waals surface area (Å²) in [5.74, 6) is 5.90. The van der Waals surface area contributed by atoms with Crippen molar-refractivity contribution in [1.82, 2.24) is 10.6 Å². The lowest BCUT2D eigenvalue weighted by Gasteiger charge is -2.60. The Morgan fingerprint density at radius 1 is 1.50 bits per heavy atom. The van der Waals surface area contributed by atoms with Crippen LogP contribution in [0, 0.1) is 23.7 Å². The van der Waals surface area contributed by atoms with Crippen LogP contribution in [0.15, 0.2) is 4.99 Å². The summed E-state index contributed by atoms with van der Waals surface area (Å²) in [6.07, 6.45) is 8.06. The van der Waals surface area contributed by atoms with Gasteiger partial charge in [0, 0.05) is 43.3 Å². The summed E-state index contributed by atoms with van der Waals surface area (Å²) in [6, 6.07) is 0.437. The van der Waals surface area contributed by atoms with Gasteiger partial charge in [0.25, 0.3) is 0 Å². The molecule has 0 radical (unpaired) electrons. The Balaban J connectivity index is 0.00000242. The second kappa shape index (κ2) is 9.24. The predicted molar refractivity (Wildman–Crippen MR) is 106 cm³/mol. The minimum absolute atomic E-state index is 0. The Labute approximate surface area is 156 Å². The second-order valence-corrected chi connectivity index (χ2v) is 7.40. The van der Waals surface area contributed by atoms with Crippen LogP contribution < -0.4 is 10.6 Å². The largest absolute Gasteiger partial charge is 0.377 e. The van der Waals surface area contributed by atoms with Gasteiger partial charge in [-0.2, -0.15) is 0 Å². The number of rotatable bonds is 5. The fourth-order valence-corrected chi connectivity index (χ4v) is 4.04. The Hall–Kier alpha value is -0.130. The summed E-state index contributed by atoms with van der Waals surface area (Å²) < 4.78 is 5.94. The van der Waals surface area contributed by atoms with E-state index in [4.69, 9.17) is 11.2 Å². The smallest absolute Gasteiger partial charge is 0.191 e. The standard InChI is InChI=1S/C16H27N3OS.HI/c1-5-10-21-11-8-18-15(17-4)19-13-12-7-6-9-20-14(12)16(13,2)3;/h1,12-14H,6-11H2,2-4H3,(H2,17,18,19);1H. The maximum absolute atomic E-state index is 5.94. The first-order valence-electron chi connectivity index (χ1n) is 7.71. The molecule has 1 saturated carbocycles. The van der Waals surface area contributed by atoms with Gasteiger partial charge in [-0.1, -0.05) is 19.8 Å². The van der Waals surface area contributed by atoms with Crippen LogP contribution in [-0.2, 0) is 4.74 Å². The van der Waals surface area contributed by atoms with Gasteiger partial charge in [-0.3, -0.25) is 4.99 Å². The minimum Gasteiger partial charge on any atom is -0.377 e. The van der Waals surface area contributed by atoms with Crippen LogP contribution >= 0.6 is 35.7 Å². The fraction of sp³-hybridized carbons (Fsp3) is 0.812. The zero-order valence-electron chi connectivity index (χ0n) is 13.7. The van der Waals surface area contributed by atoms with Gasteiger partial charge in [0.2, 0.25) is 0 Å². The molecule has 3 atom stereocenters. The van der Waals surface area contributed by atoms with E-state index in [1.807, 2.05) is 7.05 Å². The highest BCUT2D eigenvalue weighted by molar-refractivity contribution is 14.0. The molecule has 2 fully saturated rings. The van der Waals surface area contributed by atoms with Crippen molar-refractivity contribution in [2.45, 2.75) is 38.8 Å². The van der Waals surface area contributed by atoms with Crippen molar-refractivity contribution in [3.05, 3.63) is 0 Å². The van der Waals surface area contributed by atoms with Crippen LogP contribution in [0.25, 0.3) is 0 Å². The average molecular weight is 437 g/mol. The molecule has 1 aliphatic heterocycles. The molecule has 126 valence electrons. The first kappa shape index (κ1) is 19.9. The number of nitrogens with one attached hydrogen (secondary N) is 2. The van der Waals surface area contributed by atoms with Crippen molar-refractivity contribution in [2.75, 3.05) is 31.7 Å². The Morgan fingerprint density at radius 3 is 2.95 bits per heavy atom. The molecule has 4 nitrogen and oxygen atoms in total. The molecule has 0 bridgehead atoms. The highest BCUT2D eigenvalue weighted by Crippen LogP contribution is 2.51. The number of ether oxygens (including phenoxy) is 1. The van der Waals surface area contributed by atoms with E-state index in [-0.39, 0.29) is 29.4 Å². The zero-order chi connectivity index (χ0) is 15.3. The normalized spacial score (nSPS) is 29.4. The van der Waals surface area contributed by atoms with E-state index in [0.717, 1.165) is 30.6 Å². The lowest BCUT2D eigenvalue weighted by molar-refractivity contribution is -0.188. The number of nitrogens with zero attached hydrogens (tertiary/aromatic N) is 1. The van der Waals surface area contributed by atoms with Crippen molar-refractivity contribution in [3.63, 3.8) is 0 Å². The third-order valence-electron chi connectivity index (χ3n) is 4.57. The van der Waals surface area contributed by atoms with Crippen molar-refractivity contribution < 1.29 is 4.74 Å². The molecule has 2 aliphatic rings. The van der Waals surface area contributed by atoms with Crippen molar-refractivity contribution >= 4 is 41.7 Å². The highest BCUT2D eigenvalue weighted by atomic mass is 127. The Morgan fingerprint density at radius 2 is 2.27 bits per heavy atom. The number of guanidine groups is 1. The van der Waals surface area contributed by atoms with Crippen LogP contribution in [0.2, 0.25) is 0 Å². The van der Waals surface area contributed by atoms with Crippen molar-refractivity contribution in [2.24, 2.45) is 16.3 Å². The number of hydrogen-bond acceptors (Lipinski definition) is 3. The zero-order valence-corrected chi connectivity index (χ0v) is 16.9. The lowest BCUT2D eigenvalue weighted by Crippen LogP contribution is -2.71. The van der Waals surface area contributed by atoms with Crippen LogP contribution in [0.5, 0.6) is 0 Å². The van der Waals surface area contributed by atoms with Gasteiger partial charge in [0.05, 0.1) is 11.9 Å². The van der Waals surface area contributed by atoms with E-state index in [0.29, 0.717) is 18.1 Å². The van der Waals surface area contributed by atoms with Crippen LogP contribution in [0.1, 0.15) is 26.7 Å². The molecular weight excluding hydrogens is 409 g/mol. The number of thioether (sulfide) groups is 1. The highest BCUT2D eigenvalue weighted by Gasteiger charge is 2.58. The number of aliphatic imine (C=N–C) groups is 1. The molecule has 1 heterocycles. The van der Waals surface area contributed by atoms with E-state index in [1.54, 1.807) is 11.8 Å². The summed E-state index contributed by atoms with van der Waals surface area (Å²) in [6.45, 7) is 6.36. The molecule has 2 N–H and O–H groups in total. The number of hydrogen-bond donors (Lipinski definition) is 2. The van der Waals surface area contributed by atoms with Crippen molar-refractivity contribution in [3.8, 4) is 12.3 Å². The molecule has 22 heavy (non-hydrogen) atoms. The first-order chi connectivity index (χ1) is 10.1. The molecular formula is C16H28IN3OS. The molecule has 0 spiro atoms. The van der Waals surface area contributed by atoms with Crippen molar-refractivity contribution in [1.29, 1.82) is 0 Å². The number of halogens is 1. The third kappa shape index (κ3) is 4.45. The van der Waals surface area contributed by atoms with Crippen LogP contribution in [0.3, 0.4) is 0 Å². The molecule has 0 amide bonds. The average Bonchev–Trinajstić information content (AvgIpc) is 2.50. The topological polar surface area (TPSA) is 45.7 Å². The van der Waals surface area contributed by atoms with Gasteiger partial charge < -0.3 is 15.4 Å². The molecule has 0 aromatic rings. The summed E-state index contributed by atoms with van der Waals surface area (Å²) >= 11 is 1.76. The second-order valence-electron chi connectivity index (χ2n) is 6.30. The van der Waals surface area contributed by atoms with E-state index in [2.05, 4.69) is 35.4 Å². The summed E-state index contributed by atoms with van der Waals surface area (Å²) in [4.78, 5) is 4.33. The number of terminal acetylenes is 1. The maximum Gasteiger partial charge on any atom is 0.191 e. The van der Waals surface area contributed by atoms with E-state index >= 15 is 0 Å². The maximum atomic E-state index is 5.94. The van der Waals surface area contributed by atoms with E-state index in [9.17, 15) is 0 Å². The first-order valence-corrected chi connectivity index (χ1v) is 8.86. The summed E-state index contributed by atoms with van der Waals surface area (Å²) in [7, 11) is 1.82. The lowest BCUT2D eigenvalue weighted by atomic mass is 9.55. The molecule has 3 unspecified atom stereocenters. The molecule has 6 heteroatoms. The monoisotopic (exact) mass is 437 g/mol. The van der Waals surface area contributed by atoms with Gasteiger partial charge in [0.15, 0.2) is 5.96 Å². The molecule has 1 saturated heterocycles. The fourth-order valence-electron chi connectivity index (χ4n) is 3.53. The van der Waals surface area contributed by atoms with Gasteiger partial charge in [-0.05, 0) is 12.8 Å². The van der Waals surface area contributed by atoms with Gasteiger partial charge in [0.1, 0.15) is 0 Å². The molecule has 1 aliphatic carbocycles. The minimum atomic E-state index is 0. The quantitative estimate of drug-likeness (QED) is 0.228. The van der Waals surface area contributed by atoms with Gasteiger partial charge in [-0.15, -0.1) is 42.2 Å². The van der Waals surface area contributed by atoms with Crippen LogP contribution in [-0.4, -0.2) is 49.8 Å². The molecule has 2 rings (SSSR count). The van der Waals surface area contributed by atoms with Crippen LogP contribution in [0.4, 0.5) is 0 Å². The summed E-state index contributed by atoms with van der Waals surface area (Å²) in [5, 5.41) is 6.96. The molecule has 0 aromatic heterocycles. The van der Waals surface area contributed by atoms with E-state index in [1.165, 1.54) is 12.8 Å².